The molecule has 2 aromatic rings. The van der Waals surface area contributed by atoms with Gasteiger partial charge in [-0.25, -0.2) is 4.98 Å². The van der Waals surface area contributed by atoms with Crippen molar-refractivity contribution in [2.24, 2.45) is 0 Å². The average Bonchev–Trinajstić information content (AvgIpc) is 2.63. The molecule has 1 aliphatic rings. The molecule has 1 aliphatic heterocycles. The smallest absolute Gasteiger partial charge is 0.224 e. The summed E-state index contributed by atoms with van der Waals surface area (Å²) >= 11 is 0. The number of aliphatic hydroxyl groups is 1. The zero-order valence-corrected chi connectivity index (χ0v) is 15.0. The van der Waals surface area contributed by atoms with Gasteiger partial charge in [-0.05, 0) is 18.9 Å². The molecule has 0 radical (unpaired) electrons. The number of rotatable bonds is 6. The molecule has 25 heavy (non-hydrogen) atoms. The van der Waals surface area contributed by atoms with Crippen LogP contribution in [0.25, 0.3) is 0 Å². The number of benzene rings is 1. The van der Waals surface area contributed by atoms with Crippen LogP contribution in [0.3, 0.4) is 0 Å². The third-order valence-corrected chi connectivity index (χ3v) is 4.68. The second-order valence-corrected chi connectivity index (χ2v) is 6.51. The molecule has 1 fully saturated rings. The number of hydrogen-bond acceptors (Lipinski definition) is 6. The van der Waals surface area contributed by atoms with Crippen LogP contribution in [0.4, 0.5) is 11.8 Å². The highest BCUT2D eigenvalue weighted by Gasteiger charge is 2.27. The number of hydrogen-bond donors (Lipinski definition) is 2. The SMILES string of the molecule is CNc1nc(C)cc(N2CCN(Cc3ccccc3)C(CCO)C2)n1. The summed E-state index contributed by atoms with van der Waals surface area (Å²) in [4.78, 5) is 13.7. The van der Waals surface area contributed by atoms with E-state index in [-0.39, 0.29) is 6.61 Å². The minimum absolute atomic E-state index is 0.203. The molecule has 1 saturated heterocycles. The zero-order chi connectivity index (χ0) is 17.6. The van der Waals surface area contributed by atoms with Gasteiger partial charge < -0.3 is 15.3 Å². The first-order valence-corrected chi connectivity index (χ1v) is 8.87. The highest BCUT2D eigenvalue weighted by atomic mass is 16.3. The lowest BCUT2D eigenvalue weighted by Gasteiger charge is -2.42. The molecule has 0 amide bonds. The maximum atomic E-state index is 9.50. The summed E-state index contributed by atoms with van der Waals surface area (Å²) in [6.07, 6.45) is 0.770. The fourth-order valence-electron chi connectivity index (χ4n) is 3.38. The normalized spacial score (nSPS) is 18.4. The van der Waals surface area contributed by atoms with Gasteiger partial charge in [0.15, 0.2) is 0 Å². The summed E-state index contributed by atoms with van der Waals surface area (Å²) in [5.74, 6) is 1.61. The number of aliphatic hydroxyl groups excluding tert-OH is 1. The lowest BCUT2D eigenvalue weighted by atomic mass is 10.1. The van der Waals surface area contributed by atoms with Gasteiger partial charge >= 0.3 is 0 Å². The lowest BCUT2D eigenvalue weighted by molar-refractivity contribution is 0.135. The maximum Gasteiger partial charge on any atom is 0.224 e. The molecule has 2 N–H and O–H groups in total. The quantitative estimate of drug-likeness (QED) is 0.837. The fourth-order valence-corrected chi connectivity index (χ4v) is 3.38. The minimum atomic E-state index is 0.203. The van der Waals surface area contributed by atoms with E-state index in [1.54, 1.807) is 0 Å². The van der Waals surface area contributed by atoms with Gasteiger partial charge in [0.25, 0.3) is 0 Å². The summed E-state index contributed by atoms with van der Waals surface area (Å²) in [7, 11) is 1.84. The minimum Gasteiger partial charge on any atom is -0.396 e. The Labute approximate surface area is 149 Å². The molecule has 1 atom stereocenters. The number of aryl methyl sites for hydroxylation is 1. The van der Waals surface area contributed by atoms with Crippen molar-refractivity contribution in [2.45, 2.75) is 25.9 Å². The van der Waals surface area contributed by atoms with Crippen molar-refractivity contribution in [3.63, 3.8) is 0 Å². The van der Waals surface area contributed by atoms with E-state index < -0.39 is 0 Å². The Kier molecular flexibility index (Phi) is 5.83. The first-order chi connectivity index (χ1) is 12.2. The maximum absolute atomic E-state index is 9.50. The Hall–Kier alpha value is -2.18. The number of aromatic nitrogens is 2. The van der Waals surface area contributed by atoms with E-state index in [1.807, 2.05) is 26.1 Å². The molecule has 6 heteroatoms. The third-order valence-electron chi connectivity index (χ3n) is 4.68. The van der Waals surface area contributed by atoms with Gasteiger partial charge in [-0.3, -0.25) is 4.90 Å². The summed E-state index contributed by atoms with van der Waals surface area (Å²) in [5, 5.41) is 12.5. The van der Waals surface area contributed by atoms with Crippen molar-refractivity contribution in [1.29, 1.82) is 0 Å². The zero-order valence-electron chi connectivity index (χ0n) is 15.0. The fraction of sp³-hybridized carbons (Fsp3) is 0.474. The highest BCUT2D eigenvalue weighted by Crippen LogP contribution is 2.22. The van der Waals surface area contributed by atoms with Crippen LogP contribution in [0.5, 0.6) is 0 Å². The number of nitrogens with zero attached hydrogens (tertiary/aromatic N) is 4. The van der Waals surface area contributed by atoms with Gasteiger partial charge in [0, 0.05) is 57.6 Å². The molecule has 0 aliphatic carbocycles. The van der Waals surface area contributed by atoms with E-state index in [1.165, 1.54) is 5.56 Å². The molecule has 0 bridgehead atoms. The van der Waals surface area contributed by atoms with Crippen molar-refractivity contribution in [1.82, 2.24) is 14.9 Å². The van der Waals surface area contributed by atoms with Crippen LogP contribution in [0, 0.1) is 6.92 Å². The largest absolute Gasteiger partial charge is 0.396 e. The summed E-state index contributed by atoms with van der Waals surface area (Å²) in [5.41, 5.74) is 2.27. The highest BCUT2D eigenvalue weighted by molar-refractivity contribution is 5.45. The first kappa shape index (κ1) is 17.6. The van der Waals surface area contributed by atoms with Crippen LogP contribution in [0.15, 0.2) is 36.4 Å². The van der Waals surface area contributed by atoms with Gasteiger partial charge in [-0.15, -0.1) is 0 Å². The summed E-state index contributed by atoms with van der Waals surface area (Å²) in [6, 6.07) is 12.9. The van der Waals surface area contributed by atoms with E-state index in [4.69, 9.17) is 0 Å². The van der Waals surface area contributed by atoms with E-state index in [2.05, 4.69) is 49.4 Å². The molecule has 3 rings (SSSR count). The Morgan fingerprint density at radius 1 is 1.20 bits per heavy atom. The Morgan fingerprint density at radius 3 is 2.72 bits per heavy atom. The monoisotopic (exact) mass is 341 g/mol. The first-order valence-electron chi connectivity index (χ1n) is 8.87. The van der Waals surface area contributed by atoms with Crippen LogP contribution in [0.1, 0.15) is 17.7 Å². The number of anilines is 2. The van der Waals surface area contributed by atoms with Gasteiger partial charge in [-0.2, -0.15) is 4.98 Å². The second kappa shape index (κ2) is 8.27. The van der Waals surface area contributed by atoms with Gasteiger partial charge in [0.2, 0.25) is 5.95 Å². The van der Waals surface area contributed by atoms with Gasteiger partial charge in [0.1, 0.15) is 5.82 Å². The average molecular weight is 341 g/mol. The predicted molar refractivity (Wildman–Crippen MR) is 101 cm³/mol. The lowest BCUT2D eigenvalue weighted by Crippen LogP contribution is -2.53. The Balaban J connectivity index is 1.73. The molecule has 0 saturated carbocycles. The van der Waals surface area contributed by atoms with E-state index in [0.717, 1.165) is 44.1 Å². The molecule has 1 unspecified atom stereocenters. The van der Waals surface area contributed by atoms with Crippen molar-refractivity contribution >= 4 is 11.8 Å². The van der Waals surface area contributed by atoms with Crippen LogP contribution < -0.4 is 10.2 Å². The van der Waals surface area contributed by atoms with Crippen molar-refractivity contribution < 1.29 is 5.11 Å². The molecule has 2 heterocycles. The molecule has 1 aromatic carbocycles. The van der Waals surface area contributed by atoms with E-state index in [9.17, 15) is 5.11 Å². The van der Waals surface area contributed by atoms with E-state index >= 15 is 0 Å². The molecule has 6 nitrogen and oxygen atoms in total. The Morgan fingerprint density at radius 2 is 2.00 bits per heavy atom. The molecule has 0 spiro atoms. The summed E-state index contributed by atoms with van der Waals surface area (Å²) in [6.45, 7) is 5.86. The third kappa shape index (κ3) is 4.46. The number of piperazine rings is 1. The van der Waals surface area contributed by atoms with Crippen LogP contribution in [-0.2, 0) is 6.54 Å². The van der Waals surface area contributed by atoms with Crippen LogP contribution in [-0.4, -0.2) is 59.3 Å². The van der Waals surface area contributed by atoms with Crippen molar-refractivity contribution in [3.8, 4) is 0 Å². The van der Waals surface area contributed by atoms with Crippen molar-refractivity contribution in [3.05, 3.63) is 47.7 Å². The topological polar surface area (TPSA) is 64.5 Å². The molecule has 1 aromatic heterocycles. The van der Waals surface area contributed by atoms with Gasteiger partial charge in [0.05, 0.1) is 0 Å². The molecule has 134 valence electrons. The molecular weight excluding hydrogens is 314 g/mol. The standard InChI is InChI=1S/C19H27N5O/c1-15-12-18(22-19(20-2)21-15)24-10-9-23(17(14-24)8-11-25)13-16-6-4-3-5-7-16/h3-7,12,17,25H,8-11,13-14H2,1-2H3,(H,20,21,22). The molecular formula is C19H27N5O. The summed E-state index contributed by atoms with van der Waals surface area (Å²) < 4.78 is 0. The predicted octanol–water partition coefficient (Wildman–Crippen LogP) is 1.90. The van der Waals surface area contributed by atoms with Crippen LogP contribution in [0.2, 0.25) is 0 Å². The number of nitrogens with one attached hydrogen (secondary N) is 1. The van der Waals surface area contributed by atoms with Crippen LogP contribution >= 0.6 is 0 Å². The van der Waals surface area contributed by atoms with Crippen molar-refractivity contribution in [2.75, 3.05) is 43.5 Å². The second-order valence-electron chi connectivity index (χ2n) is 6.51. The Bertz CT molecular complexity index is 679. The van der Waals surface area contributed by atoms with Gasteiger partial charge in [-0.1, -0.05) is 30.3 Å². The van der Waals surface area contributed by atoms with E-state index in [0.29, 0.717) is 12.0 Å².